The van der Waals surface area contributed by atoms with Gasteiger partial charge in [-0.2, -0.15) is 0 Å². The lowest BCUT2D eigenvalue weighted by Crippen LogP contribution is -2.18. The maximum Gasteiger partial charge on any atom is 0.419 e. The number of nitro benzene ring substituents is 1. The number of benzene rings is 2. The Morgan fingerprint density at radius 2 is 2.04 bits per heavy atom. The number of ether oxygens (including phenoxy) is 1. The first-order valence-electron chi connectivity index (χ1n) is 7.98. The smallest absolute Gasteiger partial charge is 0.419 e. The van der Waals surface area contributed by atoms with Gasteiger partial charge in [0.05, 0.1) is 16.9 Å². The van der Waals surface area contributed by atoms with E-state index in [2.05, 4.69) is 0 Å². The van der Waals surface area contributed by atoms with Gasteiger partial charge in [0.25, 0.3) is 5.69 Å². The third kappa shape index (κ3) is 3.64. The highest BCUT2D eigenvalue weighted by Crippen LogP contribution is 2.22. The van der Waals surface area contributed by atoms with E-state index in [-0.39, 0.29) is 18.7 Å². The van der Waals surface area contributed by atoms with E-state index in [0.717, 1.165) is 0 Å². The highest BCUT2D eigenvalue weighted by molar-refractivity contribution is 5.73. The minimum absolute atomic E-state index is 0.0251. The molecule has 0 aliphatic heterocycles. The molecular formula is C18H16N2O6. The molecule has 0 fully saturated rings. The molecule has 0 aliphatic rings. The van der Waals surface area contributed by atoms with Gasteiger partial charge in [-0.3, -0.25) is 19.5 Å². The van der Waals surface area contributed by atoms with Crippen molar-refractivity contribution in [2.75, 3.05) is 0 Å². The highest BCUT2D eigenvalue weighted by atomic mass is 16.6. The van der Waals surface area contributed by atoms with Crippen molar-refractivity contribution in [3.8, 4) is 0 Å². The zero-order valence-electron chi connectivity index (χ0n) is 14.0. The predicted octanol–water partition coefficient (Wildman–Crippen LogP) is 3.20. The normalized spacial score (nSPS) is 12.0. The lowest BCUT2D eigenvalue weighted by molar-refractivity contribution is -0.385. The van der Waals surface area contributed by atoms with Crippen LogP contribution in [-0.4, -0.2) is 15.5 Å². The monoisotopic (exact) mass is 356 g/mol. The first kappa shape index (κ1) is 17.4. The van der Waals surface area contributed by atoms with Crippen LogP contribution in [0.5, 0.6) is 0 Å². The first-order valence-corrected chi connectivity index (χ1v) is 7.98. The standard InChI is InChI=1S/C18H16N2O6/c1-12(13-5-4-6-14(11-13)20(23)24)25-17(21)9-10-19-15-7-2-3-8-16(15)26-18(19)22/h2-8,11-12H,9-10H2,1H3/t12-/m1/s1. The summed E-state index contributed by atoms with van der Waals surface area (Å²) >= 11 is 0. The lowest BCUT2D eigenvalue weighted by Gasteiger charge is -2.13. The Hall–Kier alpha value is -3.42. The Balaban J connectivity index is 1.65. The van der Waals surface area contributed by atoms with Crippen LogP contribution in [0.3, 0.4) is 0 Å². The summed E-state index contributed by atoms with van der Waals surface area (Å²) in [6, 6.07) is 12.9. The maximum atomic E-state index is 12.1. The summed E-state index contributed by atoms with van der Waals surface area (Å²) in [6.45, 7) is 1.76. The number of para-hydroxylation sites is 2. The molecule has 0 bridgehead atoms. The molecule has 2 aromatic carbocycles. The number of esters is 1. The summed E-state index contributed by atoms with van der Waals surface area (Å²) in [5.41, 5.74) is 1.52. The SMILES string of the molecule is C[C@@H](OC(=O)CCn1c(=O)oc2ccccc21)c1cccc([N+](=O)[O-])c1. The van der Waals surface area contributed by atoms with Gasteiger partial charge in [0.1, 0.15) is 6.10 Å². The number of carbonyl (C=O) groups excluding carboxylic acids is 1. The van der Waals surface area contributed by atoms with E-state index in [0.29, 0.717) is 16.7 Å². The molecule has 3 rings (SSSR count). The number of aryl methyl sites for hydroxylation is 1. The van der Waals surface area contributed by atoms with E-state index in [1.165, 1.54) is 22.8 Å². The quantitative estimate of drug-likeness (QED) is 0.381. The number of non-ortho nitro benzene ring substituents is 1. The average molecular weight is 356 g/mol. The lowest BCUT2D eigenvalue weighted by atomic mass is 10.1. The van der Waals surface area contributed by atoms with E-state index >= 15 is 0 Å². The Morgan fingerprint density at radius 3 is 2.81 bits per heavy atom. The van der Waals surface area contributed by atoms with E-state index in [9.17, 15) is 19.7 Å². The van der Waals surface area contributed by atoms with Gasteiger partial charge >= 0.3 is 11.7 Å². The van der Waals surface area contributed by atoms with Crippen LogP contribution >= 0.6 is 0 Å². The van der Waals surface area contributed by atoms with Gasteiger partial charge in [0.15, 0.2) is 5.58 Å². The van der Waals surface area contributed by atoms with Gasteiger partial charge in [-0.15, -0.1) is 0 Å². The van der Waals surface area contributed by atoms with Gasteiger partial charge in [0.2, 0.25) is 0 Å². The fourth-order valence-electron chi connectivity index (χ4n) is 2.64. The average Bonchev–Trinajstić information content (AvgIpc) is 2.95. The van der Waals surface area contributed by atoms with Crippen LogP contribution in [-0.2, 0) is 16.1 Å². The molecular weight excluding hydrogens is 340 g/mol. The number of hydrogen-bond acceptors (Lipinski definition) is 6. The zero-order valence-corrected chi connectivity index (χ0v) is 14.0. The van der Waals surface area contributed by atoms with Crippen LogP contribution in [0.4, 0.5) is 5.69 Å². The molecule has 1 atom stereocenters. The van der Waals surface area contributed by atoms with Crippen molar-refractivity contribution in [1.82, 2.24) is 4.57 Å². The maximum absolute atomic E-state index is 12.1. The van der Waals surface area contributed by atoms with Crippen LogP contribution in [0.25, 0.3) is 11.1 Å². The third-order valence-electron chi connectivity index (χ3n) is 3.97. The molecule has 26 heavy (non-hydrogen) atoms. The van der Waals surface area contributed by atoms with Crippen LogP contribution < -0.4 is 5.76 Å². The number of rotatable bonds is 6. The van der Waals surface area contributed by atoms with Crippen LogP contribution in [0, 0.1) is 10.1 Å². The van der Waals surface area contributed by atoms with Crippen molar-refractivity contribution in [2.24, 2.45) is 0 Å². The molecule has 0 saturated carbocycles. The van der Waals surface area contributed by atoms with Crippen molar-refractivity contribution in [1.29, 1.82) is 0 Å². The van der Waals surface area contributed by atoms with Crippen LogP contribution in [0.1, 0.15) is 25.0 Å². The second kappa shape index (κ2) is 7.22. The zero-order chi connectivity index (χ0) is 18.7. The fraction of sp³-hybridized carbons (Fsp3) is 0.222. The van der Waals surface area contributed by atoms with Crippen molar-refractivity contribution < 1.29 is 18.9 Å². The molecule has 134 valence electrons. The summed E-state index contributed by atoms with van der Waals surface area (Å²) in [4.78, 5) is 34.3. The molecule has 0 amide bonds. The Labute approximate surface area is 147 Å². The molecule has 0 N–H and O–H groups in total. The van der Waals surface area contributed by atoms with Gasteiger partial charge in [-0.25, -0.2) is 4.79 Å². The number of carbonyl (C=O) groups is 1. The molecule has 0 radical (unpaired) electrons. The first-order chi connectivity index (χ1) is 12.5. The minimum atomic E-state index is -0.639. The fourth-order valence-corrected chi connectivity index (χ4v) is 2.64. The van der Waals surface area contributed by atoms with E-state index in [4.69, 9.17) is 9.15 Å². The molecule has 0 saturated heterocycles. The summed E-state index contributed by atoms with van der Waals surface area (Å²) in [5, 5.41) is 10.8. The van der Waals surface area contributed by atoms with Crippen molar-refractivity contribution in [2.45, 2.75) is 26.0 Å². The van der Waals surface area contributed by atoms with E-state index in [1.54, 1.807) is 37.3 Å². The van der Waals surface area contributed by atoms with Crippen molar-refractivity contribution >= 4 is 22.8 Å². The Kier molecular flexibility index (Phi) is 4.83. The van der Waals surface area contributed by atoms with Crippen molar-refractivity contribution in [3.05, 3.63) is 74.8 Å². The topological polar surface area (TPSA) is 105 Å². The number of hydrogen-bond donors (Lipinski definition) is 0. The molecule has 1 heterocycles. The van der Waals surface area contributed by atoms with Crippen molar-refractivity contribution in [3.63, 3.8) is 0 Å². The van der Waals surface area contributed by atoms with Crippen LogP contribution in [0.15, 0.2) is 57.7 Å². The summed E-state index contributed by atoms with van der Waals surface area (Å²) in [6.07, 6.45) is -0.664. The highest BCUT2D eigenvalue weighted by Gasteiger charge is 2.16. The number of nitro groups is 1. The minimum Gasteiger partial charge on any atom is -0.458 e. The molecule has 8 heteroatoms. The van der Waals surface area contributed by atoms with E-state index in [1.807, 2.05) is 0 Å². The summed E-state index contributed by atoms with van der Waals surface area (Å²) in [5.74, 6) is -1.05. The van der Waals surface area contributed by atoms with Gasteiger partial charge in [-0.05, 0) is 24.6 Å². The predicted molar refractivity (Wildman–Crippen MR) is 92.7 cm³/mol. The molecule has 1 aromatic heterocycles. The van der Waals surface area contributed by atoms with Crippen LogP contribution in [0.2, 0.25) is 0 Å². The van der Waals surface area contributed by atoms with Gasteiger partial charge in [-0.1, -0.05) is 24.3 Å². The summed E-state index contributed by atoms with van der Waals surface area (Å²) < 4.78 is 11.8. The number of fused-ring (bicyclic) bond motifs is 1. The van der Waals surface area contributed by atoms with Gasteiger partial charge < -0.3 is 9.15 Å². The Bertz CT molecular complexity index is 1020. The summed E-state index contributed by atoms with van der Waals surface area (Å²) in [7, 11) is 0. The molecule has 3 aromatic rings. The Morgan fingerprint density at radius 1 is 1.27 bits per heavy atom. The van der Waals surface area contributed by atoms with Gasteiger partial charge in [0, 0.05) is 18.7 Å². The van der Waals surface area contributed by atoms with E-state index < -0.39 is 22.8 Å². The number of aromatic nitrogens is 1. The molecule has 0 unspecified atom stereocenters. The second-order valence-corrected chi connectivity index (χ2v) is 5.72. The second-order valence-electron chi connectivity index (χ2n) is 5.72. The largest absolute Gasteiger partial charge is 0.458 e. The molecule has 0 spiro atoms. The number of nitrogens with zero attached hydrogens (tertiary/aromatic N) is 2. The number of oxazole rings is 1. The molecule has 8 nitrogen and oxygen atoms in total. The third-order valence-corrected chi connectivity index (χ3v) is 3.97. The molecule has 0 aliphatic carbocycles.